The molecule has 0 aliphatic rings. The van der Waals surface area contributed by atoms with E-state index in [4.69, 9.17) is 6.42 Å². The maximum atomic E-state index is 5.13. The summed E-state index contributed by atoms with van der Waals surface area (Å²) < 4.78 is 0. The van der Waals surface area contributed by atoms with Crippen molar-refractivity contribution in [3.63, 3.8) is 0 Å². The maximum Gasteiger partial charge on any atom is 0.0337 e. The van der Waals surface area contributed by atoms with Gasteiger partial charge in [-0.05, 0) is 17.7 Å². The molecule has 0 atom stereocenters. The number of thiol groups is 1. The van der Waals surface area contributed by atoms with Gasteiger partial charge in [-0.2, -0.15) is 0 Å². The van der Waals surface area contributed by atoms with Crippen molar-refractivity contribution in [2.75, 3.05) is 0 Å². The molecule has 0 bridgehead atoms. The molecule has 1 heteroatoms. The van der Waals surface area contributed by atoms with E-state index in [1.54, 1.807) is 0 Å². The summed E-state index contributed by atoms with van der Waals surface area (Å²) in [5, 5.41) is 0. The number of terminal acetylenes is 1. The predicted molar refractivity (Wildman–Crippen MR) is 46.2 cm³/mol. The van der Waals surface area contributed by atoms with Gasteiger partial charge in [0, 0.05) is 11.3 Å². The molecule has 0 radical (unpaired) electrons. The van der Waals surface area contributed by atoms with Crippen LogP contribution in [0.4, 0.5) is 0 Å². The van der Waals surface area contributed by atoms with Crippen LogP contribution in [-0.4, -0.2) is 0 Å². The Bertz CT molecular complexity index is 240. The van der Waals surface area contributed by atoms with Crippen LogP contribution in [0.3, 0.4) is 0 Å². The third-order valence-corrected chi connectivity index (χ3v) is 1.54. The second-order valence-electron chi connectivity index (χ2n) is 2.05. The molecule has 0 spiro atoms. The molecule has 0 heterocycles. The molecular formula is C9H8S. The second-order valence-corrected chi connectivity index (χ2v) is 2.56. The van der Waals surface area contributed by atoms with E-state index in [2.05, 4.69) is 18.5 Å². The molecule has 0 N–H and O–H groups in total. The van der Waals surface area contributed by atoms with Crippen LogP contribution in [0, 0.1) is 12.3 Å². The first-order chi connectivity index (χ1) is 4.83. The van der Waals surface area contributed by atoms with Crippen LogP contribution in [0.15, 0.2) is 29.2 Å². The van der Waals surface area contributed by atoms with Crippen LogP contribution >= 0.6 is 12.6 Å². The van der Waals surface area contributed by atoms with Crippen molar-refractivity contribution < 1.29 is 0 Å². The largest absolute Gasteiger partial charge is 0.143 e. The minimum absolute atomic E-state index is 0.702. The van der Waals surface area contributed by atoms with Gasteiger partial charge >= 0.3 is 0 Å². The summed E-state index contributed by atoms with van der Waals surface area (Å²) >= 11 is 4.15. The van der Waals surface area contributed by atoms with Crippen LogP contribution in [0.1, 0.15) is 5.56 Å². The number of hydrogen-bond acceptors (Lipinski definition) is 1. The van der Waals surface area contributed by atoms with Crippen LogP contribution in [0.5, 0.6) is 0 Å². The highest BCUT2D eigenvalue weighted by Crippen LogP contribution is 2.07. The summed E-state index contributed by atoms with van der Waals surface area (Å²) in [7, 11) is 0. The quantitative estimate of drug-likeness (QED) is 0.458. The lowest BCUT2D eigenvalue weighted by Crippen LogP contribution is -1.78. The van der Waals surface area contributed by atoms with Gasteiger partial charge < -0.3 is 0 Å². The highest BCUT2D eigenvalue weighted by atomic mass is 32.1. The Morgan fingerprint density at radius 2 is 1.90 bits per heavy atom. The lowest BCUT2D eigenvalue weighted by molar-refractivity contribution is 1.29. The zero-order valence-electron chi connectivity index (χ0n) is 5.54. The highest BCUT2D eigenvalue weighted by molar-refractivity contribution is 7.80. The van der Waals surface area contributed by atoms with Crippen molar-refractivity contribution in [2.45, 2.75) is 11.3 Å². The predicted octanol–water partition coefficient (Wildman–Crippen LogP) is 2.15. The zero-order chi connectivity index (χ0) is 7.40. The lowest BCUT2D eigenvalue weighted by atomic mass is 10.2. The van der Waals surface area contributed by atoms with E-state index in [-0.39, 0.29) is 0 Å². The monoisotopic (exact) mass is 148 g/mol. The van der Waals surface area contributed by atoms with Crippen molar-refractivity contribution in [1.29, 1.82) is 0 Å². The Hall–Kier alpha value is -0.870. The molecule has 0 saturated carbocycles. The van der Waals surface area contributed by atoms with E-state index in [1.807, 2.05) is 24.3 Å². The van der Waals surface area contributed by atoms with Gasteiger partial charge in [0.05, 0.1) is 0 Å². The number of hydrogen-bond donors (Lipinski definition) is 1. The molecule has 0 aromatic heterocycles. The molecule has 0 fully saturated rings. The Balaban J connectivity index is 2.81. The number of benzene rings is 1. The highest BCUT2D eigenvalue weighted by Gasteiger charge is 1.87. The normalized spacial score (nSPS) is 8.80. The smallest absolute Gasteiger partial charge is 0.0337 e. The first kappa shape index (κ1) is 7.24. The van der Waals surface area contributed by atoms with Gasteiger partial charge in [-0.3, -0.25) is 0 Å². The van der Waals surface area contributed by atoms with Crippen molar-refractivity contribution in [2.24, 2.45) is 0 Å². The summed E-state index contributed by atoms with van der Waals surface area (Å²) in [5.41, 5.74) is 1.17. The standard InChI is InChI=1S/C9H8S/c1-2-3-8-4-6-9(10)7-5-8/h1,4-7,10H,3H2. The molecular weight excluding hydrogens is 140 g/mol. The summed E-state index contributed by atoms with van der Waals surface area (Å²) in [6.07, 6.45) is 5.83. The fourth-order valence-electron chi connectivity index (χ4n) is 0.732. The molecule has 50 valence electrons. The molecule has 10 heavy (non-hydrogen) atoms. The van der Waals surface area contributed by atoms with Gasteiger partial charge in [0.2, 0.25) is 0 Å². The number of rotatable bonds is 1. The summed E-state index contributed by atoms with van der Waals surface area (Å²) in [6.45, 7) is 0. The van der Waals surface area contributed by atoms with Gasteiger partial charge in [0.25, 0.3) is 0 Å². The van der Waals surface area contributed by atoms with Crippen LogP contribution in [0.25, 0.3) is 0 Å². The molecule has 0 nitrogen and oxygen atoms in total. The Morgan fingerprint density at radius 1 is 1.30 bits per heavy atom. The third kappa shape index (κ3) is 1.82. The lowest BCUT2D eigenvalue weighted by Gasteiger charge is -1.93. The first-order valence-electron chi connectivity index (χ1n) is 3.04. The van der Waals surface area contributed by atoms with Gasteiger partial charge in [0.1, 0.15) is 0 Å². The van der Waals surface area contributed by atoms with Crippen LogP contribution in [0.2, 0.25) is 0 Å². The fraction of sp³-hybridized carbons (Fsp3) is 0.111. The molecule has 0 aliphatic carbocycles. The Morgan fingerprint density at radius 3 is 2.40 bits per heavy atom. The SMILES string of the molecule is C#CCc1ccc(S)cc1. The van der Waals surface area contributed by atoms with Gasteiger partial charge in [-0.15, -0.1) is 25.0 Å². The van der Waals surface area contributed by atoms with E-state index in [0.717, 1.165) is 4.90 Å². The molecule has 1 aromatic rings. The van der Waals surface area contributed by atoms with Gasteiger partial charge in [-0.1, -0.05) is 12.1 Å². The van der Waals surface area contributed by atoms with Crippen LogP contribution < -0.4 is 0 Å². The second kappa shape index (κ2) is 3.34. The minimum atomic E-state index is 0.702. The summed E-state index contributed by atoms with van der Waals surface area (Å²) in [5.74, 6) is 2.58. The summed E-state index contributed by atoms with van der Waals surface area (Å²) in [6, 6.07) is 7.86. The topological polar surface area (TPSA) is 0 Å². The van der Waals surface area contributed by atoms with E-state index in [0.29, 0.717) is 6.42 Å². The maximum absolute atomic E-state index is 5.13. The van der Waals surface area contributed by atoms with Crippen LogP contribution in [-0.2, 0) is 6.42 Å². The minimum Gasteiger partial charge on any atom is -0.143 e. The fourth-order valence-corrected chi connectivity index (χ4v) is 0.881. The molecule has 0 aliphatic heterocycles. The molecule has 1 rings (SSSR count). The Labute approximate surface area is 66.7 Å². The van der Waals surface area contributed by atoms with Gasteiger partial charge in [0.15, 0.2) is 0 Å². The van der Waals surface area contributed by atoms with E-state index in [9.17, 15) is 0 Å². The average Bonchev–Trinajstić information content (AvgIpc) is 1.95. The van der Waals surface area contributed by atoms with Crippen molar-refractivity contribution >= 4 is 12.6 Å². The van der Waals surface area contributed by atoms with Crippen molar-refractivity contribution in [3.8, 4) is 12.3 Å². The summed E-state index contributed by atoms with van der Waals surface area (Å²) in [4.78, 5) is 0.973. The van der Waals surface area contributed by atoms with E-state index >= 15 is 0 Å². The first-order valence-corrected chi connectivity index (χ1v) is 3.49. The van der Waals surface area contributed by atoms with Crippen molar-refractivity contribution in [3.05, 3.63) is 29.8 Å². The van der Waals surface area contributed by atoms with Crippen molar-refractivity contribution in [1.82, 2.24) is 0 Å². The molecule has 0 amide bonds. The Kier molecular flexibility index (Phi) is 2.42. The molecule has 1 aromatic carbocycles. The van der Waals surface area contributed by atoms with E-state index < -0.39 is 0 Å². The van der Waals surface area contributed by atoms with Gasteiger partial charge in [-0.25, -0.2) is 0 Å². The molecule has 0 saturated heterocycles. The average molecular weight is 148 g/mol. The zero-order valence-corrected chi connectivity index (χ0v) is 6.44. The van der Waals surface area contributed by atoms with E-state index in [1.165, 1.54) is 5.56 Å². The third-order valence-electron chi connectivity index (χ3n) is 1.24. The molecule has 0 unspecified atom stereocenters.